The van der Waals surface area contributed by atoms with Gasteiger partial charge >= 0.3 is 17.1 Å². The summed E-state index contributed by atoms with van der Waals surface area (Å²) in [5.74, 6) is 1.73. The van der Waals surface area contributed by atoms with Gasteiger partial charge in [0.15, 0.2) is 0 Å². The molecule has 0 radical (unpaired) electrons. The second kappa shape index (κ2) is 12.6. The molecule has 2 nitrogen and oxygen atoms in total. The van der Waals surface area contributed by atoms with Gasteiger partial charge in [0.1, 0.15) is 11.5 Å². The predicted molar refractivity (Wildman–Crippen MR) is 126 cm³/mol. The maximum atomic E-state index is 5.31. The minimum absolute atomic E-state index is 0. The van der Waals surface area contributed by atoms with Gasteiger partial charge in [-0.05, 0) is 30.7 Å². The Hall–Kier alpha value is -3.00. The van der Waals surface area contributed by atoms with Crippen LogP contribution in [0.2, 0.25) is 0 Å². The quantitative estimate of drug-likeness (QED) is 0.228. The van der Waals surface area contributed by atoms with Gasteiger partial charge in [-0.15, -0.1) is 23.3 Å². The van der Waals surface area contributed by atoms with Gasteiger partial charge in [-0.3, -0.25) is 0 Å². The number of benzene rings is 2. The van der Waals surface area contributed by atoms with Crippen LogP contribution in [0, 0.1) is 0 Å². The number of hydrogen-bond acceptors (Lipinski definition) is 2. The van der Waals surface area contributed by atoms with E-state index in [-0.39, 0.29) is 17.1 Å². The summed E-state index contributed by atoms with van der Waals surface area (Å²) in [6.45, 7) is 2.20. The summed E-state index contributed by atoms with van der Waals surface area (Å²) < 4.78 is 10.6. The van der Waals surface area contributed by atoms with E-state index in [1.54, 1.807) is 14.2 Å². The Morgan fingerprint density at radius 3 is 1.52 bits per heavy atom. The Morgan fingerprint density at radius 1 is 0.742 bits per heavy atom. The first-order chi connectivity index (χ1) is 14.8. The Morgan fingerprint density at radius 2 is 1.19 bits per heavy atom. The molecule has 3 heteroatoms. The van der Waals surface area contributed by atoms with Gasteiger partial charge in [0, 0.05) is 0 Å². The van der Waals surface area contributed by atoms with E-state index in [1.165, 1.54) is 27.8 Å². The zero-order valence-corrected chi connectivity index (χ0v) is 19.3. The van der Waals surface area contributed by atoms with Crippen LogP contribution in [0.5, 0.6) is 11.5 Å². The number of hydrogen-bond donors (Lipinski definition) is 0. The number of ether oxygens (including phenoxy) is 2. The zero-order chi connectivity index (χ0) is 21.2. The van der Waals surface area contributed by atoms with E-state index in [0.717, 1.165) is 17.9 Å². The van der Waals surface area contributed by atoms with Crippen molar-refractivity contribution in [2.24, 2.45) is 0 Å². The summed E-state index contributed by atoms with van der Waals surface area (Å²) in [4.78, 5) is 0. The Balaban J connectivity index is 0.000000501. The van der Waals surface area contributed by atoms with E-state index in [9.17, 15) is 0 Å². The van der Waals surface area contributed by atoms with Crippen molar-refractivity contribution in [1.82, 2.24) is 0 Å². The van der Waals surface area contributed by atoms with E-state index in [4.69, 9.17) is 9.47 Å². The average Bonchev–Trinajstić information content (AvgIpc) is 3.55. The van der Waals surface area contributed by atoms with Crippen LogP contribution in [-0.2, 0) is 17.1 Å². The molecule has 0 fully saturated rings. The summed E-state index contributed by atoms with van der Waals surface area (Å²) in [6, 6.07) is 35.1. The van der Waals surface area contributed by atoms with Gasteiger partial charge in [0.2, 0.25) is 0 Å². The topological polar surface area (TPSA) is 18.5 Å². The fourth-order valence-electron chi connectivity index (χ4n) is 3.45. The van der Waals surface area contributed by atoms with Crippen LogP contribution in [-0.4, -0.2) is 14.2 Å². The minimum Gasteiger partial charge on any atom is -0.497 e. The number of allylic oxidation sites excluding steroid dienone is 1. The van der Waals surface area contributed by atoms with Crippen LogP contribution < -0.4 is 9.47 Å². The molecule has 4 aromatic carbocycles. The molecule has 0 aliphatic heterocycles. The molecule has 0 amide bonds. The maximum Gasteiger partial charge on any atom is 2.00 e. The van der Waals surface area contributed by atoms with Crippen molar-refractivity contribution >= 4 is 11.1 Å². The first-order valence-electron chi connectivity index (χ1n) is 10.2. The molecule has 0 N–H and O–H groups in total. The zero-order valence-electron chi connectivity index (χ0n) is 18.2. The van der Waals surface area contributed by atoms with E-state index < -0.39 is 0 Å². The van der Waals surface area contributed by atoms with Gasteiger partial charge in [-0.1, -0.05) is 47.9 Å². The molecule has 4 aromatic rings. The van der Waals surface area contributed by atoms with Gasteiger partial charge in [-0.25, -0.2) is 12.1 Å². The SMILES string of the molecule is CCC(=C(c1ccc(OC)cc1)c1ccc(OC)cc1)[c-]1cccc1.[Fe+2].c1cc[cH-]c1. The molecule has 0 unspecified atom stereocenters. The molecule has 0 saturated carbocycles. The molecule has 0 bridgehead atoms. The van der Waals surface area contributed by atoms with Crippen molar-refractivity contribution in [3.05, 3.63) is 120 Å². The van der Waals surface area contributed by atoms with Crippen molar-refractivity contribution in [3.63, 3.8) is 0 Å². The van der Waals surface area contributed by atoms with E-state index >= 15 is 0 Å². The van der Waals surface area contributed by atoms with E-state index in [1.807, 2.05) is 54.6 Å². The van der Waals surface area contributed by atoms with Crippen molar-refractivity contribution in [2.45, 2.75) is 13.3 Å². The smallest absolute Gasteiger partial charge is 0.497 e. The summed E-state index contributed by atoms with van der Waals surface area (Å²) >= 11 is 0. The van der Waals surface area contributed by atoms with Gasteiger partial charge in [0.25, 0.3) is 0 Å². The molecule has 0 heterocycles. The Bertz CT molecular complexity index is 943. The second-order valence-corrected chi connectivity index (χ2v) is 6.80. The third-order valence-corrected chi connectivity index (χ3v) is 4.98. The van der Waals surface area contributed by atoms with Crippen LogP contribution in [0.15, 0.2) is 103 Å². The molecule has 0 spiro atoms. The van der Waals surface area contributed by atoms with E-state index in [2.05, 4.69) is 55.5 Å². The molecular weight excluding hydrogens is 424 g/mol. The fourth-order valence-corrected chi connectivity index (χ4v) is 3.45. The molecule has 160 valence electrons. The van der Waals surface area contributed by atoms with Crippen LogP contribution in [0.25, 0.3) is 11.1 Å². The van der Waals surface area contributed by atoms with Crippen molar-refractivity contribution < 1.29 is 26.5 Å². The molecule has 31 heavy (non-hydrogen) atoms. The van der Waals surface area contributed by atoms with Crippen LogP contribution in [0.3, 0.4) is 0 Å². The Labute approximate surface area is 196 Å². The van der Waals surface area contributed by atoms with Crippen LogP contribution in [0.1, 0.15) is 30.0 Å². The monoisotopic (exact) mass is 452 g/mol. The van der Waals surface area contributed by atoms with Crippen LogP contribution in [0.4, 0.5) is 0 Å². The predicted octanol–water partition coefficient (Wildman–Crippen LogP) is 7.19. The van der Waals surface area contributed by atoms with Gasteiger partial charge < -0.3 is 9.47 Å². The normalized spacial score (nSPS) is 9.65. The third-order valence-electron chi connectivity index (χ3n) is 4.98. The van der Waals surface area contributed by atoms with Gasteiger partial charge in [-0.2, -0.15) is 30.3 Å². The number of rotatable bonds is 6. The van der Waals surface area contributed by atoms with E-state index in [0.29, 0.717) is 0 Å². The maximum absolute atomic E-state index is 5.31. The number of methoxy groups -OCH3 is 2. The molecule has 4 rings (SSSR count). The molecule has 0 saturated heterocycles. The molecule has 0 atom stereocenters. The van der Waals surface area contributed by atoms with Crippen molar-refractivity contribution in [3.8, 4) is 11.5 Å². The summed E-state index contributed by atoms with van der Waals surface area (Å²) in [5, 5.41) is 0. The first-order valence-corrected chi connectivity index (χ1v) is 10.2. The Kier molecular flexibility index (Phi) is 9.90. The average molecular weight is 452 g/mol. The summed E-state index contributed by atoms with van der Waals surface area (Å²) in [6.07, 6.45) is 0.956. The molecule has 0 aliphatic carbocycles. The standard InChI is InChI=1S/C23H23O2.C5H5.Fe/c1-4-22(17-7-5-6-8-17)23(18-9-13-20(24-2)14-10-18)19-11-15-21(25-3)16-12-19;1-2-4-5-3-1;/h5-16H,4H2,1-3H3;1-5H;/q2*-1;+2. The largest absolute Gasteiger partial charge is 2.00 e. The summed E-state index contributed by atoms with van der Waals surface area (Å²) in [7, 11) is 3.38. The molecule has 0 aliphatic rings. The third kappa shape index (κ3) is 6.49. The first kappa shape index (κ1) is 24.3. The molecule has 0 aromatic heterocycles. The molecular formula is C28H28FeO2. The second-order valence-electron chi connectivity index (χ2n) is 6.80. The van der Waals surface area contributed by atoms with Crippen LogP contribution >= 0.6 is 0 Å². The van der Waals surface area contributed by atoms with Crippen molar-refractivity contribution in [1.29, 1.82) is 0 Å². The van der Waals surface area contributed by atoms with Gasteiger partial charge in [0.05, 0.1) is 14.2 Å². The minimum atomic E-state index is 0. The fraction of sp³-hybridized carbons (Fsp3) is 0.143. The van der Waals surface area contributed by atoms with Crippen molar-refractivity contribution in [2.75, 3.05) is 14.2 Å². The summed E-state index contributed by atoms with van der Waals surface area (Å²) in [5.41, 5.74) is 6.22.